The molecule has 0 aromatic heterocycles. The van der Waals surface area contributed by atoms with Crippen molar-refractivity contribution in [2.24, 2.45) is 5.92 Å². The predicted octanol–water partition coefficient (Wildman–Crippen LogP) is 3.26. The highest BCUT2D eigenvalue weighted by molar-refractivity contribution is 5.25. The summed E-state index contributed by atoms with van der Waals surface area (Å²) < 4.78 is 0. The summed E-state index contributed by atoms with van der Waals surface area (Å²) in [6.45, 7) is 4.54. The molecule has 1 aromatic carbocycles. The van der Waals surface area contributed by atoms with E-state index in [1.165, 1.54) is 30.4 Å². The lowest BCUT2D eigenvalue weighted by molar-refractivity contribution is 0.146. The molecule has 0 spiro atoms. The molecule has 0 bridgehead atoms. The molecule has 102 valence electrons. The van der Waals surface area contributed by atoms with E-state index in [-0.39, 0.29) is 18.6 Å². The number of unbranched alkanes of at least 4 members (excludes halogenated alkanes) is 1. The van der Waals surface area contributed by atoms with Gasteiger partial charge in [-0.05, 0) is 44.0 Å². The second-order valence-corrected chi connectivity index (χ2v) is 5.41. The van der Waals surface area contributed by atoms with E-state index in [9.17, 15) is 5.11 Å². The van der Waals surface area contributed by atoms with Crippen LogP contribution in [0.4, 0.5) is 0 Å². The number of aliphatic hydroxyl groups is 1. The van der Waals surface area contributed by atoms with Crippen molar-refractivity contribution >= 4 is 0 Å². The Morgan fingerprint density at radius 1 is 1.17 bits per heavy atom. The van der Waals surface area contributed by atoms with Crippen LogP contribution >= 0.6 is 0 Å². The van der Waals surface area contributed by atoms with Gasteiger partial charge in [0.15, 0.2) is 0 Å². The monoisotopic (exact) mass is 249 g/mol. The van der Waals surface area contributed by atoms with Crippen LogP contribution < -0.4 is 0 Å². The van der Waals surface area contributed by atoms with E-state index >= 15 is 0 Å². The summed E-state index contributed by atoms with van der Waals surface area (Å²) >= 11 is 0. The number of hydrogen-bond acceptors (Lipinski definition) is 2. The van der Waals surface area contributed by atoms with Crippen molar-refractivity contribution in [1.29, 1.82) is 0 Å². The second-order valence-electron chi connectivity index (χ2n) is 5.41. The third-order valence-electron chi connectivity index (χ3n) is 3.52. The molecule has 2 nitrogen and oxygen atoms in total. The van der Waals surface area contributed by atoms with Gasteiger partial charge in [-0.2, -0.15) is 0 Å². The van der Waals surface area contributed by atoms with Gasteiger partial charge in [0.05, 0.1) is 0 Å². The van der Waals surface area contributed by atoms with Gasteiger partial charge in [-0.1, -0.05) is 44.5 Å². The first-order chi connectivity index (χ1) is 8.60. The second kappa shape index (κ2) is 7.55. The van der Waals surface area contributed by atoms with E-state index in [4.69, 9.17) is 0 Å². The van der Waals surface area contributed by atoms with Crippen molar-refractivity contribution in [3.05, 3.63) is 35.4 Å². The fourth-order valence-electron chi connectivity index (χ4n) is 2.50. The van der Waals surface area contributed by atoms with Gasteiger partial charge >= 0.3 is 0 Å². The van der Waals surface area contributed by atoms with E-state index in [0.717, 1.165) is 0 Å². The van der Waals surface area contributed by atoms with Gasteiger partial charge in [0.1, 0.15) is 0 Å². The van der Waals surface area contributed by atoms with Gasteiger partial charge in [-0.25, -0.2) is 0 Å². The molecule has 0 radical (unpaired) electrons. The largest absolute Gasteiger partial charge is 0.396 e. The Hall–Kier alpha value is -0.860. The lowest BCUT2D eigenvalue weighted by Gasteiger charge is -2.29. The third-order valence-corrected chi connectivity index (χ3v) is 3.52. The van der Waals surface area contributed by atoms with E-state index in [1.807, 2.05) is 0 Å². The number of nitrogens with zero attached hydrogens (tertiary/aromatic N) is 1. The first kappa shape index (κ1) is 15.2. The highest BCUT2D eigenvalue weighted by Crippen LogP contribution is 2.26. The number of rotatable bonds is 7. The molecule has 0 saturated carbocycles. The number of aryl methyl sites for hydroxylation is 1. The summed E-state index contributed by atoms with van der Waals surface area (Å²) in [5.41, 5.74) is 2.71. The van der Waals surface area contributed by atoms with E-state index in [1.54, 1.807) is 0 Å². The molecule has 2 unspecified atom stereocenters. The average molecular weight is 249 g/mol. The van der Waals surface area contributed by atoms with Gasteiger partial charge in [0.25, 0.3) is 0 Å². The van der Waals surface area contributed by atoms with Crippen LogP contribution in [0.15, 0.2) is 24.3 Å². The first-order valence-corrected chi connectivity index (χ1v) is 6.96. The Morgan fingerprint density at radius 3 is 2.22 bits per heavy atom. The quantitative estimate of drug-likeness (QED) is 0.802. The fourth-order valence-corrected chi connectivity index (χ4v) is 2.50. The summed E-state index contributed by atoms with van der Waals surface area (Å²) in [6.07, 6.45) is 3.66. The van der Waals surface area contributed by atoms with Crippen LogP contribution in [0.2, 0.25) is 0 Å². The maximum absolute atomic E-state index is 9.36. The minimum atomic E-state index is 0.223. The van der Waals surface area contributed by atoms with Gasteiger partial charge in [0.2, 0.25) is 0 Å². The van der Waals surface area contributed by atoms with Crippen LogP contribution in [0.3, 0.4) is 0 Å². The summed E-state index contributed by atoms with van der Waals surface area (Å²) in [5.74, 6) is 0.251. The topological polar surface area (TPSA) is 23.5 Å². The van der Waals surface area contributed by atoms with Crippen molar-refractivity contribution in [3.8, 4) is 0 Å². The maximum atomic E-state index is 9.36. The highest BCUT2D eigenvalue weighted by atomic mass is 16.3. The third kappa shape index (κ3) is 4.11. The van der Waals surface area contributed by atoms with Crippen molar-refractivity contribution in [1.82, 2.24) is 4.90 Å². The smallest absolute Gasteiger partial charge is 0.0474 e. The maximum Gasteiger partial charge on any atom is 0.0474 e. The SMILES string of the molecule is CCCCc1ccc(C(C(C)CO)N(C)C)cc1. The molecule has 0 saturated heterocycles. The van der Waals surface area contributed by atoms with Crippen LogP contribution in [-0.2, 0) is 6.42 Å². The number of benzene rings is 1. The average Bonchev–Trinajstić information content (AvgIpc) is 2.37. The molecule has 0 aliphatic carbocycles. The summed E-state index contributed by atoms with van der Waals surface area (Å²) in [4.78, 5) is 2.18. The molecule has 2 heteroatoms. The van der Waals surface area contributed by atoms with E-state index < -0.39 is 0 Å². The minimum Gasteiger partial charge on any atom is -0.396 e. The van der Waals surface area contributed by atoms with Crippen LogP contribution in [-0.4, -0.2) is 30.7 Å². The predicted molar refractivity (Wildman–Crippen MR) is 77.7 cm³/mol. The summed E-state index contributed by atoms with van der Waals surface area (Å²) in [7, 11) is 4.14. The molecular formula is C16H27NO. The zero-order chi connectivity index (χ0) is 13.5. The Balaban J connectivity index is 2.80. The summed E-state index contributed by atoms with van der Waals surface area (Å²) in [5, 5.41) is 9.36. The molecule has 0 aliphatic rings. The molecule has 1 rings (SSSR count). The van der Waals surface area contributed by atoms with Crippen LogP contribution in [0, 0.1) is 5.92 Å². The van der Waals surface area contributed by atoms with E-state index in [2.05, 4.69) is 57.1 Å². The zero-order valence-corrected chi connectivity index (χ0v) is 12.2. The molecule has 0 heterocycles. The molecule has 1 N–H and O–H groups in total. The Morgan fingerprint density at radius 2 is 1.78 bits per heavy atom. The first-order valence-electron chi connectivity index (χ1n) is 6.96. The molecule has 0 amide bonds. The Labute approximate surface area is 112 Å². The van der Waals surface area contributed by atoms with Crippen molar-refractivity contribution in [3.63, 3.8) is 0 Å². The summed E-state index contributed by atoms with van der Waals surface area (Å²) in [6, 6.07) is 9.16. The van der Waals surface area contributed by atoms with E-state index in [0.29, 0.717) is 0 Å². The molecule has 2 atom stereocenters. The number of aliphatic hydroxyl groups excluding tert-OH is 1. The molecular weight excluding hydrogens is 222 g/mol. The zero-order valence-electron chi connectivity index (χ0n) is 12.2. The van der Waals surface area contributed by atoms with Gasteiger partial charge in [0, 0.05) is 12.6 Å². The van der Waals surface area contributed by atoms with Crippen molar-refractivity contribution in [2.75, 3.05) is 20.7 Å². The molecule has 0 fully saturated rings. The molecule has 1 aromatic rings. The Kier molecular flexibility index (Phi) is 6.37. The highest BCUT2D eigenvalue weighted by Gasteiger charge is 2.20. The van der Waals surface area contributed by atoms with Crippen molar-refractivity contribution in [2.45, 2.75) is 39.2 Å². The minimum absolute atomic E-state index is 0.223. The van der Waals surface area contributed by atoms with Crippen LogP contribution in [0.5, 0.6) is 0 Å². The molecule has 18 heavy (non-hydrogen) atoms. The normalized spacial score (nSPS) is 14.8. The van der Waals surface area contributed by atoms with Gasteiger partial charge < -0.3 is 10.0 Å². The lowest BCUT2D eigenvalue weighted by atomic mass is 9.93. The van der Waals surface area contributed by atoms with Gasteiger partial charge in [-0.3, -0.25) is 0 Å². The van der Waals surface area contributed by atoms with Gasteiger partial charge in [-0.15, -0.1) is 0 Å². The standard InChI is InChI=1S/C16H27NO/c1-5-6-7-14-8-10-15(11-9-14)16(17(3)4)13(2)12-18/h8-11,13,16,18H,5-7,12H2,1-4H3. The lowest BCUT2D eigenvalue weighted by Crippen LogP contribution is -2.27. The van der Waals surface area contributed by atoms with Crippen LogP contribution in [0.1, 0.15) is 43.9 Å². The van der Waals surface area contributed by atoms with Crippen molar-refractivity contribution < 1.29 is 5.11 Å². The van der Waals surface area contributed by atoms with Crippen LogP contribution in [0.25, 0.3) is 0 Å². The molecule has 0 aliphatic heterocycles. The Bertz CT molecular complexity index is 331. The fraction of sp³-hybridized carbons (Fsp3) is 0.625. The number of hydrogen-bond donors (Lipinski definition) is 1.